The second kappa shape index (κ2) is 12.8. The van der Waals surface area contributed by atoms with Gasteiger partial charge in [-0.1, -0.05) is 18.2 Å². The molecule has 0 aliphatic carbocycles. The Balaban J connectivity index is 1.32. The van der Waals surface area contributed by atoms with Gasteiger partial charge in [0.25, 0.3) is 0 Å². The third-order valence-electron chi connectivity index (χ3n) is 10.6. The molecule has 5 aliphatic rings. The highest BCUT2D eigenvalue weighted by Gasteiger charge is 2.45. The van der Waals surface area contributed by atoms with Crippen molar-refractivity contribution >= 4 is 42.2 Å². The van der Waals surface area contributed by atoms with Crippen molar-refractivity contribution in [2.75, 3.05) is 44.3 Å². The van der Waals surface area contributed by atoms with Gasteiger partial charge in [0.1, 0.15) is 29.4 Å². The number of amides is 1. The van der Waals surface area contributed by atoms with Crippen LogP contribution in [0, 0.1) is 5.82 Å². The third kappa shape index (κ3) is 6.11. The van der Waals surface area contributed by atoms with Gasteiger partial charge in [0, 0.05) is 24.8 Å². The number of rotatable bonds is 5. The maximum absolute atomic E-state index is 17.2. The molecule has 14 heteroatoms. The molecule has 0 saturated carbocycles. The highest BCUT2D eigenvalue weighted by molar-refractivity contribution is 7.39. The number of nitrogens with one attached hydrogen (secondary N) is 1. The average Bonchev–Trinajstić information content (AvgIpc) is 3.65. The molecule has 4 aromatic rings. The lowest BCUT2D eigenvalue weighted by atomic mass is 9.91. The zero-order chi connectivity index (χ0) is 33.8. The van der Waals surface area contributed by atoms with Gasteiger partial charge in [-0.15, -0.1) is 0 Å². The molecule has 12 nitrogen and oxygen atoms in total. The SMILES string of the molecule is CC12CCCN(C1)c1nc(OCC34CCCN3CCC4)nc3c(F)c(ncc13)-c1cc(OP(O)O)cc3cccc(c13)CCCOC(=O)N2. The Morgan fingerprint density at radius 2 is 1.90 bits per heavy atom. The Bertz CT molecular complexity index is 1920. The van der Waals surface area contributed by atoms with Gasteiger partial charge in [0.15, 0.2) is 5.82 Å². The Labute approximate surface area is 284 Å². The largest absolute Gasteiger partial charge is 0.461 e. The molecule has 1 atom stereocenters. The molecule has 9 rings (SSSR count). The van der Waals surface area contributed by atoms with Crippen LogP contribution in [0.25, 0.3) is 32.9 Å². The van der Waals surface area contributed by atoms with Gasteiger partial charge in [-0.3, -0.25) is 9.88 Å². The zero-order valence-electron chi connectivity index (χ0n) is 27.5. The minimum Gasteiger partial charge on any atom is -0.461 e. The Morgan fingerprint density at radius 1 is 1.08 bits per heavy atom. The minimum absolute atomic E-state index is 0.0449. The molecule has 6 bridgehead atoms. The fourth-order valence-electron chi connectivity index (χ4n) is 8.43. The normalized spacial score (nSPS) is 22.4. The van der Waals surface area contributed by atoms with Crippen LogP contribution in [0.1, 0.15) is 57.4 Å². The molecule has 3 N–H and O–H groups in total. The summed E-state index contributed by atoms with van der Waals surface area (Å²) in [5.74, 6) is 0.0149. The summed E-state index contributed by atoms with van der Waals surface area (Å²) < 4.78 is 34.5. The molecule has 5 aliphatic heterocycles. The average molecular weight is 691 g/mol. The number of nitrogens with zero attached hydrogens (tertiary/aromatic N) is 5. The van der Waals surface area contributed by atoms with Gasteiger partial charge in [0.2, 0.25) is 0 Å². The predicted molar refractivity (Wildman–Crippen MR) is 183 cm³/mol. The Hall–Kier alpha value is -3.90. The highest BCUT2D eigenvalue weighted by atomic mass is 31.2. The van der Waals surface area contributed by atoms with E-state index < -0.39 is 26.1 Å². The van der Waals surface area contributed by atoms with E-state index in [1.807, 2.05) is 30.0 Å². The quantitative estimate of drug-likeness (QED) is 0.225. The second-order valence-corrected chi connectivity index (χ2v) is 14.7. The van der Waals surface area contributed by atoms with Crippen molar-refractivity contribution in [1.82, 2.24) is 25.2 Å². The summed E-state index contributed by atoms with van der Waals surface area (Å²) in [5, 5.41) is 4.95. The lowest BCUT2D eigenvalue weighted by molar-refractivity contribution is 0.107. The molecule has 0 radical (unpaired) electrons. The second-order valence-electron chi connectivity index (χ2n) is 14.0. The number of aryl methyl sites for hydroxylation is 1. The molecule has 1 unspecified atom stereocenters. The number of piperidine rings is 1. The van der Waals surface area contributed by atoms with Crippen LogP contribution in [0.5, 0.6) is 11.8 Å². The molecular weight excluding hydrogens is 650 g/mol. The van der Waals surface area contributed by atoms with Gasteiger partial charge in [0.05, 0.1) is 23.1 Å². The van der Waals surface area contributed by atoms with Gasteiger partial charge in [-0.05, 0) is 99.8 Å². The topological polar surface area (TPSA) is 142 Å². The van der Waals surface area contributed by atoms with E-state index in [-0.39, 0.29) is 35.1 Å². The number of anilines is 1. The molecular formula is C35H40FN6O6P. The van der Waals surface area contributed by atoms with Crippen molar-refractivity contribution in [2.24, 2.45) is 0 Å². The van der Waals surface area contributed by atoms with E-state index in [0.29, 0.717) is 54.7 Å². The van der Waals surface area contributed by atoms with Crippen LogP contribution >= 0.6 is 8.60 Å². The summed E-state index contributed by atoms with van der Waals surface area (Å²) in [6, 6.07) is 9.03. The Kier molecular flexibility index (Phi) is 8.42. The summed E-state index contributed by atoms with van der Waals surface area (Å²) in [7, 11) is -2.72. The van der Waals surface area contributed by atoms with E-state index in [1.165, 1.54) is 0 Å². The first-order chi connectivity index (χ1) is 23.7. The molecule has 2 aromatic heterocycles. The summed E-state index contributed by atoms with van der Waals surface area (Å²) in [6.07, 6.45) is 8.01. The summed E-state index contributed by atoms with van der Waals surface area (Å²) in [5.41, 5.74) is 0.754. The summed E-state index contributed by atoms with van der Waals surface area (Å²) in [4.78, 5) is 51.2. The number of carbonyl (C=O) groups excluding carboxylic acids is 1. The third-order valence-corrected chi connectivity index (χ3v) is 11.0. The monoisotopic (exact) mass is 690 g/mol. The van der Waals surface area contributed by atoms with Crippen LogP contribution in [0.2, 0.25) is 0 Å². The van der Waals surface area contributed by atoms with E-state index in [1.54, 1.807) is 18.3 Å². The van der Waals surface area contributed by atoms with Gasteiger partial charge >= 0.3 is 20.7 Å². The zero-order valence-corrected chi connectivity index (χ0v) is 28.3. The number of benzene rings is 2. The maximum Gasteiger partial charge on any atom is 0.407 e. The van der Waals surface area contributed by atoms with Crippen LogP contribution in [-0.2, 0) is 11.2 Å². The van der Waals surface area contributed by atoms with Gasteiger partial charge in [-0.2, -0.15) is 9.97 Å². The number of ether oxygens (including phenoxy) is 2. The van der Waals surface area contributed by atoms with E-state index >= 15 is 4.39 Å². The van der Waals surface area contributed by atoms with Crippen LogP contribution in [0.15, 0.2) is 36.5 Å². The fourth-order valence-corrected chi connectivity index (χ4v) is 8.72. The summed E-state index contributed by atoms with van der Waals surface area (Å²) >= 11 is 0. The minimum atomic E-state index is -2.72. The van der Waals surface area contributed by atoms with Crippen molar-refractivity contribution in [3.05, 3.63) is 47.9 Å². The van der Waals surface area contributed by atoms with Crippen molar-refractivity contribution < 1.29 is 33.0 Å². The number of hydrogen-bond acceptors (Lipinski definition) is 11. The number of hydrogen-bond donors (Lipinski definition) is 3. The maximum atomic E-state index is 17.2. The van der Waals surface area contributed by atoms with Crippen molar-refractivity contribution in [3.63, 3.8) is 0 Å². The van der Waals surface area contributed by atoms with E-state index in [0.717, 1.165) is 62.6 Å². The lowest BCUT2D eigenvalue weighted by Gasteiger charge is -2.41. The number of alkyl carbamates (subject to hydrolysis) is 1. The molecule has 258 valence electrons. The van der Waals surface area contributed by atoms with Crippen molar-refractivity contribution in [3.8, 4) is 23.0 Å². The van der Waals surface area contributed by atoms with E-state index in [9.17, 15) is 14.6 Å². The smallest absolute Gasteiger partial charge is 0.407 e. The van der Waals surface area contributed by atoms with Crippen LogP contribution in [0.3, 0.4) is 0 Å². The first-order valence-electron chi connectivity index (χ1n) is 17.1. The summed E-state index contributed by atoms with van der Waals surface area (Å²) in [6.45, 7) is 5.76. The first-order valence-corrected chi connectivity index (χ1v) is 18.2. The van der Waals surface area contributed by atoms with Crippen LogP contribution < -0.4 is 19.5 Å². The van der Waals surface area contributed by atoms with E-state index in [2.05, 4.69) is 15.2 Å². The van der Waals surface area contributed by atoms with Crippen molar-refractivity contribution in [1.29, 1.82) is 0 Å². The molecule has 2 aromatic carbocycles. The lowest BCUT2D eigenvalue weighted by Crippen LogP contribution is -2.57. The standard InChI is InChI=1S/C35H40FN6O6P/c1-34-10-4-13-41(20-34)31-26-19-37-29(28(36)30(26)38-32(39-31)47-21-35-11-5-14-42(35)15-6-12-35)25-18-24(48-49(44)45)17-23-8-2-7-22(27(23)25)9-3-16-46-33(43)40-34/h2,7-8,17-19,44-45H,3-6,9-16,20-21H2,1H3,(H,40,43). The number of halogens is 1. The first kappa shape index (κ1) is 32.3. The fraction of sp³-hybridized carbons (Fsp3) is 0.486. The van der Waals surface area contributed by atoms with Gasteiger partial charge in [-0.25, -0.2) is 9.18 Å². The number of pyridine rings is 1. The highest BCUT2D eigenvalue weighted by Crippen LogP contribution is 2.42. The Morgan fingerprint density at radius 3 is 2.71 bits per heavy atom. The molecule has 3 fully saturated rings. The predicted octanol–water partition coefficient (Wildman–Crippen LogP) is 5.61. The number of fused-ring (bicyclic) bond motifs is 7. The molecule has 49 heavy (non-hydrogen) atoms. The molecule has 1 amide bonds. The van der Waals surface area contributed by atoms with Crippen molar-refractivity contribution in [2.45, 2.75) is 69.4 Å². The molecule has 0 spiro atoms. The van der Waals surface area contributed by atoms with Crippen LogP contribution in [0.4, 0.5) is 15.0 Å². The number of aromatic nitrogens is 3. The van der Waals surface area contributed by atoms with Crippen LogP contribution in [-0.4, -0.2) is 86.2 Å². The molecule has 7 heterocycles. The van der Waals surface area contributed by atoms with E-state index in [4.69, 9.17) is 24.0 Å². The van der Waals surface area contributed by atoms with Gasteiger partial charge < -0.3 is 34.0 Å². The molecule has 3 saturated heterocycles. The number of carbonyl (C=O) groups is 1.